The van der Waals surface area contributed by atoms with Crippen molar-refractivity contribution in [2.45, 2.75) is 38.5 Å². The number of rotatable bonds is 4. The standard InChI is InChI=1S/C17H20ClNO2/c18-15-8-9-16(14(12-15)6-3-11-20)19-17(21)10-7-13-4-1-2-5-13/h8-9,12-13,20H,1-2,4-5,7,10-11H2,(H,19,21). The Labute approximate surface area is 130 Å². The Balaban J connectivity index is 1.95. The first-order valence-corrected chi connectivity index (χ1v) is 7.76. The first-order chi connectivity index (χ1) is 10.2. The van der Waals surface area contributed by atoms with E-state index < -0.39 is 0 Å². The van der Waals surface area contributed by atoms with E-state index in [0.717, 1.165) is 6.42 Å². The van der Waals surface area contributed by atoms with E-state index in [1.165, 1.54) is 25.7 Å². The Bertz CT molecular complexity index is 554. The molecule has 0 atom stereocenters. The van der Waals surface area contributed by atoms with E-state index in [-0.39, 0.29) is 12.5 Å². The van der Waals surface area contributed by atoms with Gasteiger partial charge < -0.3 is 10.4 Å². The van der Waals surface area contributed by atoms with Crippen molar-refractivity contribution in [3.63, 3.8) is 0 Å². The van der Waals surface area contributed by atoms with Gasteiger partial charge in [0.25, 0.3) is 0 Å². The minimum Gasteiger partial charge on any atom is -0.384 e. The van der Waals surface area contributed by atoms with Crippen molar-refractivity contribution >= 4 is 23.2 Å². The zero-order valence-corrected chi connectivity index (χ0v) is 12.7. The van der Waals surface area contributed by atoms with Crippen LogP contribution in [0.2, 0.25) is 5.02 Å². The second-order valence-electron chi connectivity index (χ2n) is 5.39. The molecular weight excluding hydrogens is 286 g/mol. The van der Waals surface area contributed by atoms with Crippen LogP contribution in [0, 0.1) is 17.8 Å². The Morgan fingerprint density at radius 2 is 2.14 bits per heavy atom. The SMILES string of the molecule is O=C(CCC1CCCC1)Nc1ccc(Cl)cc1C#CCO. The number of carbonyl (C=O) groups excluding carboxylic acids is 1. The van der Waals surface area contributed by atoms with Gasteiger partial charge in [0.2, 0.25) is 5.91 Å². The summed E-state index contributed by atoms with van der Waals surface area (Å²) < 4.78 is 0. The number of benzene rings is 1. The molecule has 0 aromatic heterocycles. The average Bonchev–Trinajstić information content (AvgIpc) is 2.98. The molecule has 21 heavy (non-hydrogen) atoms. The van der Waals surface area contributed by atoms with E-state index in [1.54, 1.807) is 18.2 Å². The Kier molecular flexibility index (Phi) is 6.10. The first-order valence-electron chi connectivity index (χ1n) is 7.38. The molecule has 0 radical (unpaired) electrons. The molecule has 1 aromatic carbocycles. The summed E-state index contributed by atoms with van der Waals surface area (Å²) in [6.45, 7) is -0.221. The summed E-state index contributed by atoms with van der Waals surface area (Å²) in [5.74, 6) is 6.10. The Hall–Kier alpha value is -1.50. The van der Waals surface area contributed by atoms with Crippen molar-refractivity contribution in [2.75, 3.05) is 11.9 Å². The van der Waals surface area contributed by atoms with Gasteiger partial charge in [-0.3, -0.25) is 4.79 Å². The molecule has 0 aliphatic heterocycles. The molecule has 2 rings (SSSR count). The molecule has 1 amide bonds. The Morgan fingerprint density at radius 3 is 2.86 bits per heavy atom. The maximum absolute atomic E-state index is 12.0. The highest BCUT2D eigenvalue weighted by Gasteiger charge is 2.16. The molecule has 0 heterocycles. The third-order valence-corrected chi connectivity index (χ3v) is 4.05. The summed E-state index contributed by atoms with van der Waals surface area (Å²) in [7, 11) is 0. The maximum Gasteiger partial charge on any atom is 0.224 e. The summed E-state index contributed by atoms with van der Waals surface area (Å²) in [5, 5.41) is 12.2. The van der Waals surface area contributed by atoms with Crippen LogP contribution < -0.4 is 5.32 Å². The fraction of sp³-hybridized carbons (Fsp3) is 0.471. The van der Waals surface area contributed by atoms with Crippen LogP contribution in [0.3, 0.4) is 0 Å². The summed E-state index contributed by atoms with van der Waals surface area (Å²) in [6.07, 6.45) is 6.59. The molecule has 0 spiro atoms. The van der Waals surface area contributed by atoms with Crippen LogP contribution in [0.4, 0.5) is 5.69 Å². The predicted molar refractivity (Wildman–Crippen MR) is 85.2 cm³/mol. The van der Waals surface area contributed by atoms with Crippen molar-refractivity contribution in [3.8, 4) is 11.8 Å². The normalized spacial score (nSPS) is 14.6. The van der Waals surface area contributed by atoms with E-state index in [2.05, 4.69) is 17.2 Å². The van der Waals surface area contributed by atoms with Crippen molar-refractivity contribution in [2.24, 2.45) is 5.92 Å². The van der Waals surface area contributed by atoms with E-state index in [1.807, 2.05) is 0 Å². The molecule has 1 saturated carbocycles. The number of hydrogen-bond donors (Lipinski definition) is 2. The molecule has 0 unspecified atom stereocenters. The minimum absolute atomic E-state index is 0.0104. The smallest absolute Gasteiger partial charge is 0.224 e. The van der Waals surface area contributed by atoms with Gasteiger partial charge in [-0.2, -0.15) is 0 Å². The monoisotopic (exact) mass is 305 g/mol. The van der Waals surface area contributed by atoms with E-state index in [0.29, 0.717) is 28.6 Å². The van der Waals surface area contributed by atoms with Gasteiger partial charge in [-0.1, -0.05) is 49.1 Å². The molecule has 0 bridgehead atoms. The average molecular weight is 306 g/mol. The fourth-order valence-electron chi connectivity index (χ4n) is 2.71. The van der Waals surface area contributed by atoms with Gasteiger partial charge in [0.05, 0.1) is 5.69 Å². The van der Waals surface area contributed by atoms with Crippen LogP contribution in [0.25, 0.3) is 0 Å². The highest BCUT2D eigenvalue weighted by atomic mass is 35.5. The molecule has 1 aliphatic carbocycles. The third kappa shape index (κ3) is 5.08. The number of halogens is 1. The Morgan fingerprint density at radius 1 is 1.38 bits per heavy atom. The number of carbonyl (C=O) groups is 1. The largest absolute Gasteiger partial charge is 0.384 e. The van der Waals surface area contributed by atoms with Crippen LogP contribution in [0.15, 0.2) is 18.2 Å². The molecule has 3 nitrogen and oxygen atoms in total. The lowest BCUT2D eigenvalue weighted by molar-refractivity contribution is -0.116. The summed E-state index contributed by atoms with van der Waals surface area (Å²) in [5.41, 5.74) is 1.28. The lowest BCUT2D eigenvalue weighted by Crippen LogP contribution is -2.13. The zero-order valence-electron chi connectivity index (χ0n) is 12.0. The predicted octanol–water partition coefficient (Wildman–Crippen LogP) is 3.59. The number of anilines is 1. The second kappa shape index (κ2) is 8.07. The molecule has 1 aromatic rings. The summed E-state index contributed by atoms with van der Waals surface area (Å²) >= 11 is 5.94. The summed E-state index contributed by atoms with van der Waals surface area (Å²) in [6, 6.07) is 5.16. The zero-order chi connectivity index (χ0) is 15.1. The van der Waals surface area contributed by atoms with Gasteiger partial charge in [0.15, 0.2) is 0 Å². The van der Waals surface area contributed by atoms with Crippen LogP contribution >= 0.6 is 11.6 Å². The molecule has 4 heteroatoms. The van der Waals surface area contributed by atoms with E-state index in [9.17, 15) is 4.79 Å². The minimum atomic E-state index is -0.221. The van der Waals surface area contributed by atoms with Gasteiger partial charge in [0.1, 0.15) is 6.61 Å². The van der Waals surface area contributed by atoms with Crippen LogP contribution in [0.5, 0.6) is 0 Å². The fourth-order valence-corrected chi connectivity index (χ4v) is 2.88. The van der Waals surface area contributed by atoms with Gasteiger partial charge in [0, 0.05) is 17.0 Å². The first kappa shape index (κ1) is 15.9. The van der Waals surface area contributed by atoms with Crippen LogP contribution in [-0.2, 0) is 4.79 Å². The highest BCUT2D eigenvalue weighted by molar-refractivity contribution is 6.30. The lowest BCUT2D eigenvalue weighted by Gasteiger charge is -2.10. The molecule has 1 aliphatic rings. The number of nitrogens with one attached hydrogen (secondary N) is 1. The third-order valence-electron chi connectivity index (χ3n) is 3.81. The van der Waals surface area contributed by atoms with Crippen LogP contribution in [-0.4, -0.2) is 17.6 Å². The molecule has 0 saturated heterocycles. The van der Waals surface area contributed by atoms with Crippen molar-refractivity contribution in [1.29, 1.82) is 0 Å². The number of hydrogen-bond acceptors (Lipinski definition) is 2. The van der Waals surface area contributed by atoms with E-state index >= 15 is 0 Å². The van der Waals surface area contributed by atoms with Gasteiger partial charge in [-0.15, -0.1) is 0 Å². The topological polar surface area (TPSA) is 49.3 Å². The molecule has 2 N–H and O–H groups in total. The van der Waals surface area contributed by atoms with Crippen molar-refractivity contribution in [3.05, 3.63) is 28.8 Å². The lowest BCUT2D eigenvalue weighted by atomic mass is 10.0. The second-order valence-corrected chi connectivity index (χ2v) is 5.82. The van der Waals surface area contributed by atoms with Gasteiger partial charge >= 0.3 is 0 Å². The summed E-state index contributed by atoms with van der Waals surface area (Å²) in [4.78, 5) is 12.0. The molecule has 1 fully saturated rings. The van der Waals surface area contributed by atoms with Crippen molar-refractivity contribution < 1.29 is 9.90 Å². The maximum atomic E-state index is 12.0. The quantitative estimate of drug-likeness (QED) is 0.835. The number of aliphatic hydroxyl groups is 1. The molecule has 112 valence electrons. The van der Waals surface area contributed by atoms with Gasteiger partial charge in [-0.25, -0.2) is 0 Å². The highest BCUT2D eigenvalue weighted by Crippen LogP contribution is 2.28. The molecular formula is C17H20ClNO2. The number of amides is 1. The van der Waals surface area contributed by atoms with E-state index in [4.69, 9.17) is 16.7 Å². The van der Waals surface area contributed by atoms with Crippen LogP contribution in [0.1, 0.15) is 44.1 Å². The van der Waals surface area contributed by atoms with Crippen molar-refractivity contribution in [1.82, 2.24) is 0 Å². The van der Waals surface area contributed by atoms with Gasteiger partial charge in [-0.05, 0) is 30.5 Å². The number of aliphatic hydroxyl groups excluding tert-OH is 1.